The molecule has 1 aromatic rings. The van der Waals surface area contributed by atoms with Gasteiger partial charge in [0.15, 0.2) is 0 Å². The molecule has 28 heavy (non-hydrogen) atoms. The Kier molecular flexibility index (Phi) is 25.3. The van der Waals surface area contributed by atoms with Gasteiger partial charge in [0.1, 0.15) is 13.1 Å². The molecule has 0 bridgehead atoms. The predicted molar refractivity (Wildman–Crippen MR) is 114 cm³/mol. The van der Waals surface area contributed by atoms with Crippen LogP contribution >= 0.6 is 0 Å². The summed E-state index contributed by atoms with van der Waals surface area (Å²) in [6.07, 6.45) is 16.8. The normalized spacial score (nSPS) is 10.4. The number of benzene rings is 1. The Labute approximate surface area is 196 Å². The zero-order valence-corrected chi connectivity index (χ0v) is 21.7. The van der Waals surface area contributed by atoms with Crippen LogP contribution in [0.15, 0.2) is 24.3 Å². The third kappa shape index (κ3) is 17.0. The van der Waals surface area contributed by atoms with Gasteiger partial charge < -0.3 is 44.6 Å². The Morgan fingerprint density at radius 1 is 0.536 bits per heavy atom. The molecule has 0 amide bonds. The number of hydrogen-bond acceptors (Lipinski definition) is 0. The van der Waals surface area contributed by atoms with Gasteiger partial charge in [-0.3, -0.25) is 0 Å². The van der Waals surface area contributed by atoms with E-state index in [-0.39, 0.29) is 34.0 Å². The molecular formula is C24H46Br2N2. The minimum Gasteiger partial charge on any atom is -1.00 e. The van der Waals surface area contributed by atoms with Crippen molar-refractivity contribution in [1.29, 1.82) is 0 Å². The molecule has 166 valence electrons. The average Bonchev–Trinajstić information content (AvgIpc) is 2.67. The van der Waals surface area contributed by atoms with Crippen LogP contribution < -0.4 is 44.6 Å². The molecule has 0 spiro atoms. The number of unbranched alkanes of at least 4 members (excludes halogenated alkanes) is 10. The van der Waals surface area contributed by atoms with Gasteiger partial charge in [-0.15, -0.1) is 0 Å². The Morgan fingerprint density at radius 2 is 0.893 bits per heavy atom. The van der Waals surface area contributed by atoms with Crippen LogP contribution in [-0.2, 0) is 13.1 Å². The molecule has 0 saturated carbocycles. The van der Waals surface area contributed by atoms with Crippen molar-refractivity contribution in [3.8, 4) is 0 Å². The zero-order chi connectivity index (χ0) is 18.7. The molecule has 0 radical (unpaired) electrons. The van der Waals surface area contributed by atoms with Crippen LogP contribution in [0.1, 0.15) is 102 Å². The summed E-state index contributed by atoms with van der Waals surface area (Å²) in [4.78, 5) is 0. The van der Waals surface area contributed by atoms with E-state index in [2.05, 4.69) is 48.7 Å². The standard InChI is InChI=1S/C24H44N2.2BrH/c1-3-5-7-9-11-15-19-25-21-23-17-13-14-18-24(23)22-26-20-16-12-10-8-6-4-2;;/h13-14,17-18,25-26H,3-12,15-16,19-22H2,1-2H3;2*1H. The number of halogens is 2. The summed E-state index contributed by atoms with van der Waals surface area (Å²) < 4.78 is 0. The van der Waals surface area contributed by atoms with Crippen LogP contribution in [0.4, 0.5) is 0 Å². The lowest BCUT2D eigenvalue weighted by Gasteiger charge is -2.08. The second-order valence-electron chi connectivity index (χ2n) is 7.87. The molecule has 1 aromatic carbocycles. The van der Waals surface area contributed by atoms with Crippen LogP contribution in [-0.4, -0.2) is 13.1 Å². The van der Waals surface area contributed by atoms with Crippen LogP contribution in [0.5, 0.6) is 0 Å². The molecule has 1 rings (SSSR count). The highest BCUT2D eigenvalue weighted by molar-refractivity contribution is 5.25. The first-order valence-electron chi connectivity index (χ1n) is 11.6. The topological polar surface area (TPSA) is 33.2 Å². The number of nitrogens with two attached hydrogens (primary N) is 2. The smallest absolute Gasteiger partial charge is 0.102 e. The van der Waals surface area contributed by atoms with Gasteiger partial charge in [0, 0.05) is 11.1 Å². The first-order chi connectivity index (χ1) is 12.9. The monoisotopic (exact) mass is 520 g/mol. The second kappa shape index (κ2) is 23.4. The van der Waals surface area contributed by atoms with E-state index >= 15 is 0 Å². The molecule has 0 fully saturated rings. The molecule has 2 nitrogen and oxygen atoms in total. The van der Waals surface area contributed by atoms with Crippen molar-refractivity contribution >= 4 is 0 Å². The summed E-state index contributed by atoms with van der Waals surface area (Å²) in [6.45, 7) is 9.43. The highest BCUT2D eigenvalue weighted by Crippen LogP contribution is 2.07. The molecular weight excluding hydrogens is 476 g/mol. The quantitative estimate of drug-likeness (QED) is 0.221. The van der Waals surface area contributed by atoms with Crippen molar-refractivity contribution in [2.24, 2.45) is 0 Å². The zero-order valence-electron chi connectivity index (χ0n) is 18.5. The lowest BCUT2D eigenvalue weighted by molar-refractivity contribution is -0.676. The minimum absolute atomic E-state index is 0. The second-order valence-corrected chi connectivity index (χ2v) is 7.87. The van der Waals surface area contributed by atoms with E-state index in [0.717, 1.165) is 13.1 Å². The van der Waals surface area contributed by atoms with E-state index in [1.54, 1.807) is 0 Å². The SMILES string of the molecule is CCCCCCCC[NH2+]Cc1ccccc1C[NH2+]CCCCCCCC.[Br-].[Br-]. The van der Waals surface area contributed by atoms with Gasteiger partial charge in [-0.2, -0.15) is 0 Å². The summed E-state index contributed by atoms with van der Waals surface area (Å²) >= 11 is 0. The van der Waals surface area contributed by atoms with E-state index in [0.29, 0.717) is 0 Å². The van der Waals surface area contributed by atoms with Gasteiger partial charge in [-0.1, -0.05) is 89.5 Å². The highest BCUT2D eigenvalue weighted by Gasteiger charge is 2.05. The maximum absolute atomic E-state index is 2.51. The Balaban J connectivity index is 0. The van der Waals surface area contributed by atoms with E-state index in [1.165, 1.54) is 101 Å². The Hall–Kier alpha value is 0.1000. The van der Waals surface area contributed by atoms with Crippen molar-refractivity contribution in [2.45, 2.75) is 104 Å². The van der Waals surface area contributed by atoms with Gasteiger partial charge in [-0.05, 0) is 25.7 Å². The van der Waals surface area contributed by atoms with E-state index in [4.69, 9.17) is 0 Å². The largest absolute Gasteiger partial charge is 1.00 e. The van der Waals surface area contributed by atoms with Crippen molar-refractivity contribution in [3.63, 3.8) is 0 Å². The van der Waals surface area contributed by atoms with Crippen LogP contribution in [0, 0.1) is 0 Å². The van der Waals surface area contributed by atoms with Crippen molar-refractivity contribution in [1.82, 2.24) is 0 Å². The van der Waals surface area contributed by atoms with Crippen LogP contribution in [0.2, 0.25) is 0 Å². The van der Waals surface area contributed by atoms with Gasteiger partial charge in [0.05, 0.1) is 13.1 Å². The molecule has 0 atom stereocenters. The molecule has 0 heterocycles. The molecule has 4 heteroatoms. The average molecular weight is 522 g/mol. The maximum atomic E-state index is 2.51. The third-order valence-corrected chi connectivity index (χ3v) is 5.37. The van der Waals surface area contributed by atoms with Crippen molar-refractivity contribution in [3.05, 3.63) is 35.4 Å². The van der Waals surface area contributed by atoms with Crippen molar-refractivity contribution in [2.75, 3.05) is 13.1 Å². The summed E-state index contributed by atoms with van der Waals surface area (Å²) in [6, 6.07) is 9.05. The van der Waals surface area contributed by atoms with E-state index in [1.807, 2.05) is 0 Å². The van der Waals surface area contributed by atoms with E-state index < -0.39 is 0 Å². The number of hydrogen-bond donors (Lipinski definition) is 2. The van der Waals surface area contributed by atoms with Gasteiger partial charge in [0.2, 0.25) is 0 Å². The number of quaternary nitrogens is 2. The summed E-state index contributed by atoms with van der Waals surface area (Å²) in [5, 5.41) is 5.01. The third-order valence-electron chi connectivity index (χ3n) is 5.37. The first kappa shape index (κ1) is 30.3. The summed E-state index contributed by atoms with van der Waals surface area (Å²) in [7, 11) is 0. The van der Waals surface area contributed by atoms with Gasteiger partial charge in [-0.25, -0.2) is 0 Å². The van der Waals surface area contributed by atoms with E-state index in [9.17, 15) is 0 Å². The fourth-order valence-corrected chi connectivity index (χ4v) is 3.61. The number of rotatable bonds is 18. The first-order valence-corrected chi connectivity index (χ1v) is 11.6. The lowest BCUT2D eigenvalue weighted by atomic mass is 10.1. The molecule has 0 aliphatic heterocycles. The molecule has 4 N–H and O–H groups in total. The molecule has 0 saturated heterocycles. The Bertz CT molecular complexity index is 388. The summed E-state index contributed by atoms with van der Waals surface area (Å²) in [5.74, 6) is 0. The highest BCUT2D eigenvalue weighted by atomic mass is 79.9. The van der Waals surface area contributed by atoms with Crippen molar-refractivity contribution < 1.29 is 44.6 Å². The summed E-state index contributed by atoms with van der Waals surface area (Å²) in [5.41, 5.74) is 3.08. The minimum atomic E-state index is 0. The molecule has 0 aliphatic carbocycles. The predicted octanol–water partition coefficient (Wildman–Crippen LogP) is -1.46. The molecule has 0 aliphatic rings. The molecule has 0 unspecified atom stereocenters. The van der Waals surface area contributed by atoms with Crippen LogP contribution in [0.25, 0.3) is 0 Å². The van der Waals surface area contributed by atoms with Gasteiger partial charge in [0.25, 0.3) is 0 Å². The lowest BCUT2D eigenvalue weighted by Crippen LogP contribution is -3.00. The maximum Gasteiger partial charge on any atom is 0.102 e. The fraction of sp³-hybridized carbons (Fsp3) is 0.750. The Morgan fingerprint density at radius 3 is 1.29 bits per heavy atom. The fourth-order valence-electron chi connectivity index (χ4n) is 3.61. The van der Waals surface area contributed by atoms with Crippen LogP contribution in [0.3, 0.4) is 0 Å². The molecule has 0 aromatic heterocycles. The van der Waals surface area contributed by atoms with Gasteiger partial charge >= 0.3 is 0 Å².